The molecule has 4 atom stereocenters. The molecule has 5 rings (SSSR count). The van der Waals surface area contributed by atoms with Crippen LogP contribution in [-0.4, -0.2) is 87.6 Å². The number of primary amides is 1. The van der Waals surface area contributed by atoms with Crippen molar-refractivity contribution in [2.24, 2.45) is 17.6 Å². The van der Waals surface area contributed by atoms with Crippen molar-refractivity contribution >= 4 is 28.9 Å². The van der Waals surface area contributed by atoms with Gasteiger partial charge in [0.15, 0.2) is 11.4 Å². The molecule has 1 saturated carbocycles. The number of phenolic OH excluding ortho intramolecular Hbond substituents is 1. The molecule has 1 fully saturated rings. The standard InChI is InChI=1S/C31H36N4O7/c1-34(2)20-14-16(7-5-6-15-8-10-33-11-9-15)25(36)22-18(20)12-17-13-19-24(35(3)4)27(38)23(30(32)41)29(40)31(19,42)28(39)21(17)26(22)37/h8-11,14,17,19,24,36-37,40,42H,5-7,12-13H2,1-4H3,(H2,32,41)/t17-,19-,24-,31-/m0/s1. The minimum atomic E-state index is -2.66. The van der Waals surface area contributed by atoms with Crippen LogP contribution in [0.15, 0.2) is 47.5 Å². The normalized spacial score (nSPS) is 25.3. The number of aliphatic hydroxyl groups excluding tert-OH is 2. The average molecular weight is 577 g/mol. The van der Waals surface area contributed by atoms with Gasteiger partial charge in [-0.25, -0.2) is 0 Å². The van der Waals surface area contributed by atoms with Crippen LogP contribution >= 0.6 is 0 Å². The van der Waals surface area contributed by atoms with Gasteiger partial charge < -0.3 is 31.1 Å². The minimum absolute atomic E-state index is 0.0487. The van der Waals surface area contributed by atoms with Crippen molar-refractivity contribution in [2.75, 3.05) is 33.1 Å². The molecule has 0 saturated heterocycles. The third kappa shape index (κ3) is 4.35. The molecule has 222 valence electrons. The number of pyridine rings is 1. The lowest BCUT2D eigenvalue weighted by Crippen LogP contribution is -2.65. The molecule has 0 aliphatic heterocycles. The molecule has 0 bridgehead atoms. The number of nitrogens with two attached hydrogens (primary N) is 1. The maximum absolute atomic E-state index is 14.1. The molecule has 3 aliphatic rings. The predicted octanol–water partition coefficient (Wildman–Crippen LogP) is 1.60. The zero-order chi connectivity index (χ0) is 30.7. The number of aryl methyl sites for hydroxylation is 2. The summed E-state index contributed by atoms with van der Waals surface area (Å²) in [7, 11) is 6.85. The van der Waals surface area contributed by atoms with Gasteiger partial charge in [0.25, 0.3) is 5.91 Å². The maximum Gasteiger partial charge on any atom is 0.255 e. The predicted molar refractivity (Wildman–Crippen MR) is 155 cm³/mol. The lowest BCUT2D eigenvalue weighted by Gasteiger charge is -2.50. The first kappa shape index (κ1) is 29.3. The van der Waals surface area contributed by atoms with Crippen LogP contribution in [0.2, 0.25) is 0 Å². The second kappa shape index (κ2) is 10.6. The molecule has 11 heteroatoms. The van der Waals surface area contributed by atoms with E-state index < -0.39 is 58.0 Å². The van der Waals surface area contributed by atoms with E-state index in [9.17, 15) is 34.8 Å². The summed E-state index contributed by atoms with van der Waals surface area (Å²) in [6.45, 7) is 0. The lowest BCUT2D eigenvalue weighted by molar-refractivity contribution is -0.153. The van der Waals surface area contributed by atoms with Crippen molar-refractivity contribution in [3.8, 4) is 5.75 Å². The van der Waals surface area contributed by atoms with E-state index in [1.54, 1.807) is 26.5 Å². The number of aromatic nitrogens is 1. The Morgan fingerprint density at radius 2 is 1.76 bits per heavy atom. The summed E-state index contributed by atoms with van der Waals surface area (Å²) < 4.78 is 0. The van der Waals surface area contributed by atoms with Crippen molar-refractivity contribution in [1.82, 2.24) is 9.88 Å². The molecule has 2 aromatic rings. The van der Waals surface area contributed by atoms with Gasteiger partial charge >= 0.3 is 0 Å². The van der Waals surface area contributed by atoms with E-state index in [1.165, 1.54) is 4.90 Å². The third-order valence-electron chi connectivity index (χ3n) is 8.92. The molecule has 0 unspecified atom stereocenters. The zero-order valence-corrected chi connectivity index (χ0v) is 24.1. The van der Waals surface area contributed by atoms with Crippen LogP contribution in [0.1, 0.15) is 35.1 Å². The highest BCUT2D eigenvalue weighted by Crippen LogP contribution is 2.54. The lowest BCUT2D eigenvalue weighted by atomic mass is 9.57. The number of amides is 1. The zero-order valence-electron chi connectivity index (χ0n) is 24.1. The molecular weight excluding hydrogens is 540 g/mol. The maximum atomic E-state index is 14.1. The quantitative estimate of drug-likeness (QED) is 0.304. The highest BCUT2D eigenvalue weighted by molar-refractivity contribution is 6.24. The van der Waals surface area contributed by atoms with E-state index >= 15 is 0 Å². The summed E-state index contributed by atoms with van der Waals surface area (Å²) in [5.74, 6) is -6.52. The van der Waals surface area contributed by atoms with Gasteiger partial charge in [-0.1, -0.05) is 0 Å². The number of aliphatic hydroxyl groups is 3. The fourth-order valence-corrected chi connectivity index (χ4v) is 6.97. The second-order valence-corrected chi connectivity index (χ2v) is 11.8. The van der Waals surface area contributed by atoms with E-state index in [0.717, 1.165) is 17.7 Å². The Morgan fingerprint density at radius 1 is 1.10 bits per heavy atom. The summed E-state index contributed by atoms with van der Waals surface area (Å²) in [5.41, 5.74) is 4.96. The average Bonchev–Trinajstić information content (AvgIpc) is 2.92. The van der Waals surface area contributed by atoms with Gasteiger partial charge in [-0.2, -0.15) is 0 Å². The summed E-state index contributed by atoms with van der Waals surface area (Å²) in [6.07, 6.45) is 5.68. The summed E-state index contributed by atoms with van der Waals surface area (Å²) in [6, 6.07) is 4.62. The number of nitrogens with zero attached hydrogens (tertiary/aromatic N) is 3. The Kier molecular flexibility index (Phi) is 7.36. The highest BCUT2D eigenvalue weighted by Gasteiger charge is 2.64. The van der Waals surface area contributed by atoms with Crippen LogP contribution in [0, 0.1) is 11.8 Å². The molecule has 6 N–H and O–H groups in total. The number of ketones is 2. The smallest absolute Gasteiger partial charge is 0.255 e. The van der Waals surface area contributed by atoms with Gasteiger partial charge in [-0.3, -0.25) is 24.3 Å². The van der Waals surface area contributed by atoms with Crippen molar-refractivity contribution in [2.45, 2.75) is 43.7 Å². The Bertz CT molecular complexity index is 1550. The third-order valence-corrected chi connectivity index (χ3v) is 8.92. The van der Waals surface area contributed by atoms with E-state index in [0.29, 0.717) is 24.0 Å². The van der Waals surface area contributed by atoms with Gasteiger partial charge in [0.2, 0.25) is 5.78 Å². The van der Waals surface area contributed by atoms with Crippen LogP contribution < -0.4 is 10.6 Å². The Balaban J connectivity index is 1.63. The molecule has 42 heavy (non-hydrogen) atoms. The largest absolute Gasteiger partial charge is 0.508 e. The molecule has 1 amide bonds. The molecule has 11 nitrogen and oxygen atoms in total. The number of anilines is 1. The fourth-order valence-electron chi connectivity index (χ4n) is 6.97. The second-order valence-electron chi connectivity index (χ2n) is 11.8. The minimum Gasteiger partial charge on any atom is -0.508 e. The SMILES string of the molecule is CN(C)c1cc(CCCc2ccncc2)c(O)c2c1C[C@H]1C[C@H]3[C@H](N(C)C)C(=O)C(C(N)=O)=C(O)[C@@]3(O)C(=O)C1=C2O. The highest BCUT2D eigenvalue weighted by atomic mass is 16.3. The first-order valence-corrected chi connectivity index (χ1v) is 13.9. The fraction of sp³-hybridized carbons (Fsp3) is 0.419. The van der Waals surface area contributed by atoms with Gasteiger partial charge in [-0.15, -0.1) is 0 Å². The number of likely N-dealkylation sites (N-methyl/N-ethyl adjacent to an activating group) is 1. The van der Waals surface area contributed by atoms with Crippen molar-refractivity contribution in [1.29, 1.82) is 0 Å². The van der Waals surface area contributed by atoms with Gasteiger partial charge in [0.1, 0.15) is 22.8 Å². The molecule has 3 aliphatic carbocycles. The van der Waals surface area contributed by atoms with Crippen LogP contribution in [0.3, 0.4) is 0 Å². The van der Waals surface area contributed by atoms with Crippen molar-refractivity contribution in [3.63, 3.8) is 0 Å². The molecule has 1 aromatic heterocycles. The number of benzene rings is 1. The van der Waals surface area contributed by atoms with E-state index in [4.69, 9.17) is 5.73 Å². The van der Waals surface area contributed by atoms with Crippen molar-refractivity contribution < 1.29 is 34.8 Å². The monoisotopic (exact) mass is 576 g/mol. The van der Waals surface area contributed by atoms with Gasteiger partial charge in [0, 0.05) is 43.7 Å². The Hall–Kier alpha value is -4.22. The molecular formula is C31H36N4O7. The topological polar surface area (TPSA) is 178 Å². The summed E-state index contributed by atoms with van der Waals surface area (Å²) in [4.78, 5) is 46.9. The van der Waals surface area contributed by atoms with E-state index in [2.05, 4.69) is 4.98 Å². The number of carbonyl (C=O) groups excluding carboxylic acids is 3. The Morgan fingerprint density at radius 3 is 2.36 bits per heavy atom. The number of hydrogen-bond donors (Lipinski definition) is 5. The van der Waals surface area contributed by atoms with Gasteiger partial charge in [0.05, 0.1) is 11.6 Å². The first-order valence-electron chi connectivity index (χ1n) is 13.9. The molecule has 0 spiro atoms. The van der Waals surface area contributed by atoms with Crippen LogP contribution in [0.25, 0.3) is 5.76 Å². The van der Waals surface area contributed by atoms with E-state index in [1.807, 2.05) is 37.2 Å². The Labute approximate surface area is 243 Å². The number of hydrogen-bond acceptors (Lipinski definition) is 10. The number of aromatic hydroxyl groups is 1. The number of fused-ring (bicyclic) bond motifs is 3. The number of rotatable bonds is 7. The molecule has 1 aromatic carbocycles. The van der Waals surface area contributed by atoms with Crippen molar-refractivity contribution in [3.05, 3.63) is 69.8 Å². The number of carbonyl (C=O) groups is 3. The molecule has 1 heterocycles. The summed E-state index contributed by atoms with van der Waals surface area (Å²) >= 11 is 0. The number of phenols is 1. The molecule has 0 radical (unpaired) electrons. The van der Waals surface area contributed by atoms with Gasteiger partial charge in [-0.05, 0) is 87.0 Å². The number of Topliss-reactive ketones (excluding diaryl/α,β-unsaturated/α-hetero) is 2. The van der Waals surface area contributed by atoms with Crippen LogP contribution in [-0.2, 0) is 33.6 Å². The van der Waals surface area contributed by atoms with Crippen LogP contribution in [0.4, 0.5) is 5.69 Å². The summed E-state index contributed by atoms with van der Waals surface area (Å²) in [5, 5.41) is 45.9. The first-order chi connectivity index (χ1) is 19.8. The van der Waals surface area contributed by atoms with E-state index in [-0.39, 0.29) is 29.7 Å². The van der Waals surface area contributed by atoms with Crippen LogP contribution in [0.5, 0.6) is 5.75 Å².